The summed E-state index contributed by atoms with van der Waals surface area (Å²) >= 11 is 1.45. The maximum Gasteiger partial charge on any atom is 0.357 e. The van der Waals surface area contributed by atoms with Crippen LogP contribution >= 0.6 is 11.3 Å². The van der Waals surface area contributed by atoms with E-state index in [1.807, 2.05) is 0 Å². The van der Waals surface area contributed by atoms with Crippen LogP contribution in [0.2, 0.25) is 0 Å². The third-order valence-corrected chi connectivity index (χ3v) is 3.43. The molecule has 0 radical (unpaired) electrons. The average Bonchev–Trinajstić information content (AvgIpc) is 2.79. The number of carbonyl (C=O) groups is 1. The van der Waals surface area contributed by atoms with Crippen molar-refractivity contribution >= 4 is 22.4 Å². The Labute approximate surface area is 105 Å². The lowest BCUT2D eigenvalue weighted by Gasteiger charge is -2.23. The highest BCUT2D eigenvalue weighted by atomic mass is 32.1. The highest BCUT2D eigenvalue weighted by molar-refractivity contribution is 7.13. The fourth-order valence-electron chi connectivity index (χ4n) is 1.78. The molecule has 0 spiro atoms. The minimum Gasteiger partial charge on any atom is -0.461 e. The van der Waals surface area contributed by atoms with Gasteiger partial charge in [-0.1, -0.05) is 0 Å². The molecule has 1 fully saturated rings. The van der Waals surface area contributed by atoms with Gasteiger partial charge in [0.05, 0.1) is 6.61 Å². The van der Waals surface area contributed by atoms with Gasteiger partial charge in [-0.3, -0.25) is 0 Å². The van der Waals surface area contributed by atoms with Gasteiger partial charge in [0.15, 0.2) is 10.8 Å². The number of nitrogens with zero attached hydrogens (tertiary/aromatic N) is 1. The molecule has 1 aromatic heterocycles. The summed E-state index contributed by atoms with van der Waals surface area (Å²) in [6, 6.07) is 0.456. The number of nitrogens with one attached hydrogen (secondary N) is 2. The van der Waals surface area contributed by atoms with Crippen molar-refractivity contribution < 1.29 is 9.53 Å². The number of hydrogen-bond acceptors (Lipinski definition) is 6. The number of aromatic nitrogens is 1. The Hall–Kier alpha value is -1.14. The summed E-state index contributed by atoms with van der Waals surface area (Å²) < 4.78 is 4.90. The van der Waals surface area contributed by atoms with Crippen LogP contribution < -0.4 is 10.6 Å². The minimum absolute atomic E-state index is 0.345. The lowest BCUT2D eigenvalue weighted by atomic mass is 10.1. The lowest BCUT2D eigenvalue weighted by molar-refractivity contribution is 0.0520. The van der Waals surface area contributed by atoms with E-state index in [4.69, 9.17) is 4.74 Å². The van der Waals surface area contributed by atoms with E-state index in [9.17, 15) is 4.79 Å². The Bertz CT molecular complexity index is 375. The molecule has 1 aliphatic rings. The first-order valence-corrected chi connectivity index (χ1v) is 6.77. The summed E-state index contributed by atoms with van der Waals surface area (Å²) in [7, 11) is 0. The van der Waals surface area contributed by atoms with Crippen molar-refractivity contribution in [3.63, 3.8) is 0 Å². The minimum atomic E-state index is -0.345. The van der Waals surface area contributed by atoms with Gasteiger partial charge in [0.2, 0.25) is 0 Å². The second kappa shape index (κ2) is 5.97. The largest absolute Gasteiger partial charge is 0.461 e. The molecule has 1 aromatic rings. The number of ether oxygens (including phenoxy) is 1. The summed E-state index contributed by atoms with van der Waals surface area (Å²) in [6.07, 6.45) is 2.18. The van der Waals surface area contributed by atoms with Gasteiger partial charge in [-0.2, -0.15) is 0 Å². The van der Waals surface area contributed by atoms with E-state index in [1.54, 1.807) is 12.3 Å². The van der Waals surface area contributed by atoms with Crippen LogP contribution in [-0.2, 0) is 4.74 Å². The molecule has 2 rings (SSSR count). The van der Waals surface area contributed by atoms with Crippen LogP contribution in [0.15, 0.2) is 5.38 Å². The molecule has 2 N–H and O–H groups in total. The van der Waals surface area contributed by atoms with E-state index in [1.165, 1.54) is 11.3 Å². The van der Waals surface area contributed by atoms with Crippen LogP contribution in [0.3, 0.4) is 0 Å². The maximum atomic E-state index is 11.4. The summed E-state index contributed by atoms with van der Waals surface area (Å²) in [5, 5.41) is 9.21. The van der Waals surface area contributed by atoms with Crippen LogP contribution in [0.4, 0.5) is 5.13 Å². The van der Waals surface area contributed by atoms with Gasteiger partial charge in [-0.05, 0) is 32.9 Å². The van der Waals surface area contributed by atoms with Crippen molar-refractivity contribution in [2.24, 2.45) is 0 Å². The molecule has 2 heterocycles. The van der Waals surface area contributed by atoms with E-state index < -0.39 is 0 Å². The molecular formula is C11H17N3O2S. The van der Waals surface area contributed by atoms with Crippen molar-refractivity contribution in [1.29, 1.82) is 0 Å². The third-order valence-electron chi connectivity index (χ3n) is 2.66. The number of hydrogen-bond donors (Lipinski definition) is 2. The predicted octanol–water partition coefficient (Wildman–Crippen LogP) is 1.48. The average molecular weight is 255 g/mol. The number of anilines is 1. The lowest BCUT2D eigenvalue weighted by Crippen LogP contribution is -2.35. The summed E-state index contributed by atoms with van der Waals surface area (Å²) in [5.41, 5.74) is 0.397. The normalized spacial score (nSPS) is 16.8. The van der Waals surface area contributed by atoms with Gasteiger partial charge in [-0.15, -0.1) is 11.3 Å². The zero-order chi connectivity index (χ0) is 12.1. The molecule has 1 aliphatic heterocycles. The van der Waals surface area contributed by atoms with Crippen LogP contribution in [0, 0.1) is 0 Å². The molecule has 0 saturated carbocycles. The Morgan fingerprint density at radius 3 is 3.12 bits per heavy atom. The van der Waals surface area contributed by atoms with Gasteiger partial charge >= 0.3 is 5.97 Å². The maximum absolute atomic E-state index is 11.4. The van der Waals surface area contributed by atoms with E-state index in [0.717, 1.165) is 31.1 Å². The van der Waals surface area contributed by atoms with Crippen LogP contribution in [0.25, 0.3) is 0 Å². The second-order valence-corrected chi connectivity index (χ2v) is 4.79. The molecule has 0 aliphatic carbocycles. The highest BCUT2D eigenvalue weighted by Gasteiger charge is 2.16. The molecule has 6 heteroatoms. The quantitative estimate of drug-likeness (QED) is 0.798. The van der Waals surface area contributed by atoms with Gasteiger partial charge in [0, 0.05) is 11.4 Å². The van der Waals surface area contributed by atoms with Gasteiger partial charge in [0.25, 0.3) is 0 Å². The summed E-state index contributed by atoms with van der Waals surface area (Å²) in [6.45, 7) is 4.24. The van der Waals surface area contributed by atoms with E-state index in [2.05, 4.69) is 15.6 Å². The molecule has 0 bridgehead atoms. The number of thiazole rings is 1. The van der Waals surface area contributed by atoms with Gasteiger partial charge < -0.3 is 15.4 Å². The molecular weight excluding hydrogens is 238 g/mol. The SMILES string of the molecule is CCOC(=O)c1csc(NC2CCNCC2)n1. The Morgan fingerprint density at radius 2 is 2.41 bits per heavy atom. The van der Waals surface area contributed by atoms with E-state index in [-0.39, 0.29) is 5.97 Å². The summed E-state index contributed by atoms with van der Waals surface area (Å²) in [4.78, 5) is 15.7. The van der Waals surface area contributed by atoms with Gasteiger partial charge in [-0.25, -0.2) is 9.78 Å². The topological polar surface area (TPSA) is 63.2 Å². The van der Waals surface area contributed by atoms with Crippen molar-refractivity contribution in [2.75, 3.05) is 25.0 Å². The predicted molar refractivity (Wildman–Crippen MR) is 67.6 cm³/mol. The zero-order valence-corrected chi connectivity index (χ0v) is 10.7. The molecule has 0 aromatic carbocycles. The Kier molecular flexibility index (Phi) is 4.33. The fourth-order valence-corrected chi connectivity index (χ4v) is 2.54. The summed E-state index contributed by atoms with van der Waals surface area (Å²) in [5.74, 6) is -0.345. The van der Waals surface area contributed by atoms with Crippen LogP contribution in [0.1, 0.15) is 30.3 Å². The van der Waals surface area contributed by atoms with Gasteiger partial charge in [0.1, 0.15) is 0 Å². The zero-order valence-electron chi connectivity index (χ0n) is 9.86. The fraction of sp³-hybridized carbons (Fsp3) is 0.636. The number of piperidine rings is 1. The van der Waals surface area contributed by atoms with Crippen molar-refractivity contribution in [3.8, 4) is 0 Å². The highest BCUT2D eigenvalue weighted by Crippen LogP contribution is 2.19. The molecule has 0 unspecified atom stereocenters. The molecule has 17 heavy (non-hydrogen) atoms. The first-order valence-electron chi connectivity index (χ1n) is 5.89. The number of esters is 1. The molecule has 94 valence electrons. The Balaban J connectivity index is 1.91. The van der Waals surface area contributed by atoms with E-state index in [0.29, 0.717) is 18.3 Å². The van der Waals surface area contributed by atoms with Crippen molar-refractivity contribution in [3.05, 3.63) is 11.1 Å². The molecule has 5 nitrogen and oxygen atoms in total. The van der Waals surface area contributed by atoms with Crippen LogP contribution in [-0.4, -0.2) is 36.7 Å². The standard InChI is InChI=1S/C11H17N3O2S/c1-2-16-10(15)9-7-17-11(14-9)13-8-3-5-12-6-4-8/h7-8,12H,2-6H2,1H3,(H,13,14). The van der Waals surface area contributed by atoms with Crippen molar-refractivity contribution in [2.45, 2.75) is 25.8 Å². The van der Waals surface area contributed by atoms with Crippen LogP contribution in [0.5, 0.6) is 0 Å². The molecule has 1 saturated heterocycles. The molecule has 0 amide bonds. The van der Waals surface area contributed by atoms with Crippen molar-refractivity contribution in [1.82, 2.24) is 10.3 Å². The third kappa shape index (κ3) is 3.41. The van der Waals surface area contributed by atoms with E-state index >= 15 is 0 Å². The second-order valence-electron chi connectivity index (χ2n) is 3.93. The molecule has 0 atom stereocenters. The number of carbonyl (C=O) groups excluding carboxylic acids is 1. The number of rotatable bonds is 4. The first-order chi connectivity index (χ1) is 8.29. The first kappa shape index (κ1) is 12.3. The monoisotopic (exact) mass is 255 g/mol. The smallest absolute Gasteiger partial charge is 0.357 e. The Morgan fingerprint density at radius 1 is 1.65 bits per heavy atom.